The van der Waals surface area contributed by atoms with Crippen LogP contribution in [0.2, 0.25) is 0 Å². The molecule has 1 atom stereocenters. The van der Waals surface area contributed by atoms with E-state index in [4.69, 9.17) is 4.74 Å². The zero-order valence-corrected chi connectivity index (χ0v) is 9.77. The lowest BCUT2D eigenvalue weighted by molar-refractivity contribution is -0.385. The van der Waals surface area contributed by atoms with Crippen molar-refractivity contribution in [2.24, 2.45) is 0 Å². The average molecular weight is 242 g/mol. The molecule has 1 aromatic carbocycles. The van der Waals surface area contributed by atoms with Crippen LogP contribution >= 0.6 is 0 Å². The van der Waals surface area contributed by atoms with Crippen molar-refractivity contribution >= 4 is 5.69 Å². The van der Waals surface area contributed by atoms with Crippen molar-refractivity contribution in [3.8, 4) is 0 Å². The quantitative estimate of drug-likeness (QED) is 0.606. The highest BCUT2D eigenvalue weighted by molar-refractivity contribution is 5.40. The number of rotatable bonds is 6. The largest absolute Gasteiger partial charge is 0.383 e. The molecule has 1 aromatic rings. The Kier molecular flexibility index (Phi) is 4.99. The Morgan fingerprint density at radius 2 is 2.29 bits per heavy atom. The van der Waals surface area contributed by atoms with Gasteiger partial charge < -0.3 is 10.1 Å². The van der Waals surface area contributed by atoms with Crippen molar-refractivity contribution < 1.29 is 14.1 Å². The molecule has 0 aromatic heterocycles. The summed E-state index contributed by atoms with van der Waals surface area (Å²) in [5, 5.41) is 13.8. The summed E-state index contributed by atoms with van der Waals surface area (Å²) in [4.78, 5) is 10.3. The van der Waals surface area contributed by atoms with E-state index in [1.165, 1.54) is 12.1 Å². The van der Waals surface area contributed by atoms with Crippen molar-refractivity contribution in [3.05, 3.63) is 39.7 Å². The van der Waals surface area contributed by atoms with E-state index in [-0.39, 0.29) is 11.7 Å². The van der Waals surface area contributed by atoms with Crippen LogP contribution in [0.25, 0.3) is 0 Å². The molecule has 0 aliphatic carbocycles. The molecule has 17 heavy (non-hydrogen) atoms. The molecule has 0 aliphatic heterocycles. The molecule has 0 amide bonds. The molecule has 94 valence electrons. The van der Waals surface area contributed by atoms with Gasteiger partial charge in [0, 0.05) is 24.8 Å². The minimum Gasteiger partial charge on any atom is -0.383 e. The summed E-state index contributed by atoms with van der Waals surface area (Å²) in [6.45, 7) is 0.407. The monoisotopic (exact) mass is 242 g/mol. The summed E-state index contributed by atoms with van der Waals surface area (Å²) < 4.78 is 18.0. The number of hydrogen-bond donors (Lipinski definition) is 1. The zero-order valence-electron chi connectivity index (χ0n) is 9.77. The van der Waals surface area contributed by atoms with Crippen LogP contribution in [0.3, 0.4) is 0 Å². The fraction of sp³-hybridized carbons (Fsp3) is 0.455. The number of likely N-dealkylation sites (N-methyl/N-ethyl adjacent to an activating group) is 1. The topological polar surface area (TPSA) is 64.4 Å². The van der Waals surface area contributed by atoms with E-state index in [1.807, 2.05) is 0 Å². The lowest BCUT2D eigenvalue weighted by Gasteiger charge is -2.15. The SMILES string of the molecule is CNC(COC)Cc1cc(F)ccc1[N+](=O)[O-]. The highest BCUT2D eigenvalue weighted by Crippen LogP contribution is 2.21. The molecule has 1 unspecified atom stereocenters. The van der Waals surface area contributed by atoms with Gasteiger partial charge >= 0.3 is 0 Å². The molecule has 6 heteroatoms. The molecule has 1 rings (SSSR count). The minimum absolute atomic E-state index is 0.0669. The summed E-state index contributed by atoms with van der Waals surface area (Å²) >= 11 is 0. The van der Waals surface area contributed by atoms with Gasteiger partial charge in [-0.15, -0.1) is 0 Å². The summed E-state index contributed by atoms with van der Waals surface area (Å²) in [5.74, 6) is -0.474. The maximum atomic E-state index is 13.1. The Balaban J connectivity index is 2.94. The molecule has 0 radical (unpaired) electrons. The van der Waals surface area contributed by atoms with Crippen LogP contribution in [0.15, 0.2) is 18.2 Å². The van der Waals surface area contributed by atoms with Gasteiger partial charge in [0.2, 0.25) is 0 Å². The third-order valence-electron chi connectivity index (χ3n) is 2.48. The van der Waals surface area contributed by atoms with Crippen LogP contribution in [-0.4, -0.2) is 31.7 Å². The number of nitrogens with one attached hydrogen (secondary N) is 1. The highest BCUT2D eigenvalue weighted by atomic mass is 19.1. The summed E-state index contributed by atoms with van der Waals surface area (Å²) in [7, 11) is 3.28. The number of nitro benzene ring substituents is 1. The van der Waals surface area contributed by atoms with E-state index in [0.717, 1.165) is 6.07 Å². The van der Waals surface area contributed by atoms with Crippen LogP contribution in [-0.2, 0) is 11.2 Å². The third-order valence-corrected chi connectivity index (χ3v) is 2.48. The first-order valence-corrected chi connectivity index (χ1v) is 5.17. The highest BCUT2D eigenvalue weighted by Gasteiger charge is 2.17. The number of nitrogens with zero attached hydrogens (tertiary/aromatic N) is 1. The van der Waals surface area contributed by atoms with Gasteiger partial charge in [-0.25, -0.2) is 4.39 Å². The van der Waals surface area contributed by atoms with Crippen LogP contribution in [0, 0.1) is 15.9 Å². The van der Waals surface area contributed by atoms with Crippen molar-refractivity contribution in [1.29, 1.82) is 0 Å². The van der Waals surface area contributed by atoms with Crippen molar-refractivity contribution in [2.45, 2.75) is 12.5 Å². The normalized spacial score (nSPS) is 12.4. The lowest BCUT2D eigenvalue weighted by Crippen LogP contribution is -2.32. The molecule has 0 spiro atoms. The van der Waals surface area contributed by atoms with Gasteiger partial charge in [0.25, 0.3) is 5.69 Å². The second kappa shape index (κ2) is 6.27. The van der Waals surface area contributed by atoms with Gasteiger partial charge in [0.1, 0.15) is 5.82 Å². The van der Waals surface area contributed by atoms with E-state index in [2.05, 4.69) is 5.32 Å². The van der Waals surface area contributed by atoms with Crippen molar-refractivity contribution in [2.75, 3.05) is 20.8 Å². The van der Waals surface area contributed by atoms with Gasteiger partial charge in [-0.1, -0.05) is 0 Å². The van der Waals surface area contributed by atoms with Gasteiger partial charge in [-0.2, -0.15) is 0 Å². The zero-order chi connectivity index (χ0) is 12.8. The fourth-order valence-electron chi connectivity index (χ4n) is 1.61. The summed E-state index contributed by atoms with van der Waals surface area (Å²) in [6, 6.07) is 3.38. The number of ether oxygens (including phenoxy) is 1. The van der Waals surface area contributed by atoms with Crippen molar-refractivity contribution in [3.63, 3.8) is 0 Å². The molecule has 0 saturated heterocycles. The molecule has 0 saturated carbocycles. The average Bonchev–Trinajstić information content (AvgIpc) is 2.28. The third kappa shape index (κ3) is 3.76. The van der Waals surface area contributed by atoms with E-state index in [0.29, 0.717) is 18.6 Å². The Morgan fingerprint density at radius 3 is 2.82 bits per heavy atom. The maximum Gasteiger partial charge on any atom is 0.272 e. The molecule has 5 nitrogen and oxygen atoms in total. The Bertz CT molecular complexity index is 398. The van der Waals surface area contributed by atoms with Crippen LogP contribution in [0.5, 0.6) is 0 Å². The second-order valence-corrected chi connectivity index (χ2v) is 3.68. The Morgan fingerprint density at radius 1 is 1.59 bits per heavy atom. The van der Waals surface area contributed by atoms with E-state index >= 15 is 0 Å². The van der Waals surface area contributed by atoms with E-state index in [1.54, 1.807) is 14.2 Å². The fourth-order valence-corrected chi connectivity index (χ4v) is 1.61. The summed E-state index contributed by atoms with van der Waals surface area (Å²) in [6.07, 6.45) is 0.346. The summed E-state index contributed by atoms with van der Waals surface area (Å²) in [5.41, 5.74) is 0.300. The predicted octanol–water partition coefficient (Wildman–Crippen LogP) is 1.51. The Labute approximate surface area is 98.7 Å². The maximum absolute atomic E-state index is 13.1. The first kappa shape index (κ1) is 13.5. The van der Waals surface area contributed by atoms with E-state index < -0.39 is 10.7 Å². The first-order chi connectivity index (χ1) is 8.08. The van der Waals surface area contributed by atoms with Crippen LogP contribution in [0.1, 0.15) is 5.56 Å². The van der Waals surface area contributed by atoms with Gasteiger partial charge in [-0.05, 0) is 25.6 Å². The smallest absolute Gasteiger partial charge is 0.272 e. The van der Waals surface area contributed by atoms with E-state index in [9.17, 15) is 14.5 Å². The van der Waals surface area contributed by atoms with Gasteiger partial charge in [0.05, 0.1) is 11.5 Å². The molecular formula is C11H15FN2O3. The predicted molar refractivity (Wildman–Crippen MR) is 61.5 cm³/mol. The van der Waals surface area contributed by atoms with Gasteiger partial charge in [-0.3, -0.25) is 10.1 Å². The number of methoxy groups -OCH3 is 1. The standard InChI is InChI=1S/C11H15FN2O3/c1-13-10(7-17-2)6-8-5-9(12)3-4-11(8)14(15)16/h3-5,10,13H,6-7H2,1-2H3. The van der Waals surface area contributed by atoms with Crippen LogP contribution < -0.4 is 5.32 Å². The van der Waals surface area contributed by atoms with Crippen LogP contribution in [0.4, 0.5) is 10.1 Å². The number of benzene rings is 1. The molecule has 0 bridgehead atoms. The Hall–Kier alpha value is -1.53. The molecule has 0 heterocycles. The first-order valence-electron chi connectivity index (χ1n) is 5.17. The number of halogens is 1. The molecule has 0 fully saturated rings. The second-order valence-electron chi connectivity index (χ2n) is 3.68. The van der Waals surface area contributed by atoms with Crippen molar-refractivity contribution in [1.82, 2.24) is 5.32 Å². The molecular weight excluding hydrogens is 227 g/mol. The number of hydrogen-bond acceptors (Lipinski definition) is 4. The minimum atomic E-state index is -0.506. The van der Waals surface area contributed by atoms with Gasteiger partial charge in [0.15, 0.2) is 0 Å². The number of nitro groups is 1. The molecule has 0 aliphatic rings. The molecule has 1 N–H and O–H groups in total. The lowest BCUT2D eigenvalue weighted by atomic mass is 10.0.